The van der Waals surface area contributed by atoms with Crippen LogP contribution < -0.4 is 10.6 Å². The Labute approximate surface area is 216 Å². The van der Waals surface area contributed by atoms with E-state index in [-0.39, 0.29) is 11.7 Å². The van der Waals surface area contributed by atoms with Gasteiger partial charge in [-0.2, -0.15) is 0 Å². The van der Waals surface area contributed by atoms with Gasteiger partial charge >= 0.3 is 0 Å². The normalized spacial score (nSPS) is 16.1. The molecule has 6 rings (SSSR count). The van der Waals surface area contributed by atoms with Gasteiger partial charge < -0.3 is 20.3 Å². The number of fused-ring (bicyclic) bond motifs is 1. The second-order valence-corrected chi connectivity index (χ2v) is 10.2. The molecule has 2 saturated carbocycles. The molecule has 8 heteroatoms. The average Bonchev–Trinajstić information content (AvgIpc) is 3.65. The first kappa shape index (κ1) is 23.5. The smallest absolute Gasteiger partial charge is 0.251 e. The number of phenolic OH excluding ortho intramolecular Hbond substituents is 1. The molecule has 0 radical (unpaired) electrons. The average molecular weight is 497 g/mol. The number of anilines is 1. The van der Waals surface area contributed by atoms with Crippen molar-refractivity contribution in [1.82, 2.24) is 24.8 Å². The van der Waals surface area contributed by atoms with Crippen molar-refractivity contribution >= 4 is 22.9 Å². The predicted octanol–water partition coefficient (Wildman–Crippen LogP) is 5.25. The number of carbonyl (C=O) groups excluding carboxylic acids is 1. The van der Waals surface area contributed by atoms with Crippen LogP contribution in [0.1, 0.15) is 66.9 Å². The fraction of sp³-hybridized carbons (Fsp3) is 0.379. The Hall–Kier alpha value is -3.94. The summed E-state index contributed by atoms with van der Waals surface area (Å²) in [4.78, 5) is 27.0. The van der Waals surface area contributed by atoms with Gasteiger partial charge in [0.05, 0.1) is 6.33 Å². The minimum atomic E-state index is -0.0302. The lowest BCUT2D eigenvalue weighted by Gasteiger charge is -2.23. The number of aromatic hydroxyl groups is 1. The van der Waals surface area contributed by atoms with Crippen molar-refractivity contribution in [2.24, 2.45) is 0 Å². The zero-order chi connectivity index (χ0) is 25.2. The lowest BCUT2D eigenvalue weighted by Crippen LogP contribution is -2.25. The van der Waals surface area contributed by atoms with E-state index >= 15 is 0 Å². The molecule has 8 nitrogen and oxygen atoms in total. The minimum absolute atomic E-state index is 0.0302. The SMILES string of the molecule is O=C(NC1CC1)c1ccc(-c2nc(NCCc3ccc(O)cc3)c3ncn(C4CCCCC4)c3n2)cc1. The van der Waals surface area contributed by atoms with Crippen LogP contribution in [-0.4, -0.2) is 43.1 Å². The topological polar surface area (TPSA) is 105 Å². The molecule has 2 aromatic heterocycles. The molecule has 0 atom stereocenters. The summed E-state index contributed by atoms with van der Waals surface area (Å²) in [6.45, 7) is 0.674. The molecule has 2 fully saturated rings. The fourth-order valence-electron chi connectivity index (χ4n) is 5.05. The van der Waals surface area contributed by atoms with Crippen molar-refractivity contribution in [2.75, 3.05) is 11.9 Å². The summed E-state index contributed by atoms with van der Waals surface area (Å²) in [5, 5.41) is 16.1. The molecule has 2 aromatic carbocycles. The highest BCUT2D eigenvalue weighted by Crippen LogP contribution is 2.32. The first-order valence-corrected chi connectivity index (χ1v) is 13.3. The number of imidazole rings is 1. The van der Waals surface area contributed by atoms with E-state index in [0.717, 1.165) is 54.4 Å². The molecule has 1 amide bonds. The molecule has 2 heterocycles. The van der Waals surface area contributed by atoms with Crippen molar-refractivity contribution in [3.8, 4) is 17.1 Å². The predicted molar refractivity (Wildman–Crippen MR) is 144 cm³/mol. The van der Waals surface area contributed by atoms with Crippen LogP contribution in [0.15, 0.2) is 54.9 Å². The number of nitrogens with one attached hydrogen (secondary N) is 2. The first-order valence-electron chi connectivity index (χ1n) is 13.3. The summed E-state index contributed by atoms with van der Waals surface area (Å²) < 4.78 is 2.22. The second-order valence-electron chi connectivity index (χ2n) is 10.2. The quantitative estimate of drug-likeness (QED) is 0.308. The van der Waals surface area contributed by atoms with Crippen molar-refractivity contribution in [1.29, 1.82) is 0 Å². The first-order chi connectivity index (χ1) is 18.1. The number of phenols is 1. The number of hydrogen-bond acceptors (Lipinski definition) is 6. The van der Waals surface area contributed by atoms with Gasteiger partial charge in [-0.3, -0.25) is 4.79 Å². The number of nitrogens with zero attached hydrogens (tertiary/aromatic N) is 4. The van der Waals surface area contributed by atoms with Crippen LogP contribution in [0.4, 0.5) is 5.82 Å². The molecular formula is C29H32N6O2. The van der Waals surface area contributed by atoms with E-state index in [1.165, 1.54) is 19.3 Å². The van der Waals surface area contributed by atoms with E-state index in [4.69, 9.17) is 15.0 Å². The van der Waals surface area contributed by atoms with Crippen LogP contribution in [0.5, 0.6) is 5.75 Å². The van der Waals surface area contributed by atoms with Crippen molar-refractivity contribution in [2.45, 2.75) is 63.5 Å². The monoisotopic (exact) mass is 496 g/mol. The van der Waals surface area contributed by atoms with E-state index in [9.17, 15) is 9.90 Å². The van der Waals surface area contributed by atoms with E-state index in [1.54, 1.807) is 12.1 Å². The highest BCUT2D eigenvalue weighted by atomic mass is 16.3. The van der Waals surface area contributed by atoms with Crippen LogP contribution in [0.3, 0.4) is 0 Å². The van der Waals surface area contributed by atoms with Gasteiger partial charge in [-0.15, -0.1) is 0 Å². The largest absolute Gasteiger partial charge is 0.508 e. The molecule has 0 aliphatic heterocycles. The Balaban J connectivity index is 1.30. The lowest BCUT2D eigenvalue weighted by molar-refractivity contribution is 0.0951. The van der Waals surface area contributed by atoms with Gasteiger partial charge in [-0.1, -0.05) is 43.5 Å². The molecule has 2 aliphatic rings. The lowest BCUT2D eigenvalue weighted by atomic mass is 9.95. The summed E-state index contributed by atoms with van der Waals surface area (Å²) >= 11 is 0. The zero-order valence-electron chi connectivity index (χ0n) is 20.9. The minimum Gasteiger partial charge on any atom is -0.508 e. The van der Waals surface area contributed by atoms with E-state index in [1.807, 2.05) is 42.7 Å². The van der Waals surface area contributed by atoms with Gasteiger partial charge in [-0.25, -0.2) is 15.0 Å². The van der Waals surface area contributed by atoms with E-state index < -0.39 is 0 Å². The number of benzene rings is 2. The van der Waals surface area contributed by atoms with Crippen LogP contribution in [0, 0.1) is 0 Å². The summed E-state index contributed by atoms with van der Waals surface area (Å²) in [6.07, 6.45) is 10.8. The number of aromatic nitrogens is 4. The second kappa shape index (κ2) is 10.2. The summed E-state index contributed by atoms with van der Waals surface area (Å²) in [5.74, 6) is 1.57. The van der Waals surface area contributed by atoms with Crippen LogP contribution in [-0.2, 0) is 6.42 Å². The van der Waals surface area contributed by atoms with Gasteiger partial charge in [0.1, 0.15) is 11.3 Å². The Bertz CT molecular complexity index is 1390. The highest BCUT2D eigenvalue weighted by Gasteiger charge is 2.24. The highest BCUT2D eigenvalue weighted by molar-refractivity contribution is 5.95. The standard InChI is InChI=1S/C29H32N6O2/c36-24-14-6-19(7-15-24)16-17-30-27-25-28(35(18-31-25)23-4-2-1-3-5-23)34-26(33-27)20-8-10-21(11-9-20)29(37)32-22-12-13-22/h6-11,14-15,18,22-23,36H,1-5,12-13,16-17H2,(H,32,37)(H,30,33,34). The van der Waals surface area contributed by atoms with E-state index in [0.29, 0.717) is 35.8 Å². The molecule has 0 saturated heterocycles. The van der Waals surface area contributed by atoms with Gasteiger partial charge in [0.2, 0.25) is 0 Å². The van der Waals surface area contributed by atoms with E-state index in [2.05, 4.69) is 15.2 Å². The van der Waals surface area contributed by atoms with Crippen LogP contribution >= 0.6 is 0 Å². The number of hydrogen-bond donors (Lipinski definition) is 3. The van der Waals surface area contributed by atoms with Gasteiger partial charge in [0.25, 0.3) is 5.91 Å². The maximum atomic E-state index is 12.4. The maximum absolute atomic E-state index is 12.4. The summed E-state index contributed by atoms with van der Waals surface area (Å²) in [5.41, 5.74) is 4.27. The third kappa shape index (κ3) is 5.28. The molecular weight excluding hydrogens is 464 g/mol. The Morgan fingerprint density at radius 3 is 2.43 bits per heavy atom. The summed E-state index contributed by atoms with van der Waals surface area (Å²) in [6, 6.07) is 15.5. The molecule has 0 spiro atoms. The Kier molecular flexibility index (Phi) is 6.47. The van der Waals surface area contributed by atoms with Crippen LogP contribution in [0.2, 0.25) is 0 Å². The van der Waals surface area contributed by atoms with Gasteiger partial charge in [0.15, 0.2) is 17.3 Å². The van der Waals surface area contributed by atoms with Crippen LogP contribution in [0.25, 0.3) is 22.6 Å². The Morgan fingerprint density at radius 2 is 1.70 bits per heavy atom. The van der Waals surface area contributed by atoms with Crippen molar-refractivity contribution in [3.63, 3.8) is 0 Å². The number of rotatable bonds is 8. The molecule has 0 unspecified atom stereocenters. The zero-order valence-corrected chi connectivity index (χ0v) is 20.9. The van der Waals surface area contributed by atoms with Gasteiger partial charge in [-0.05, 0) is 61.9 Å². The molecule has 2 aliphatic carbocycles. The van der Waals surface area contributed by atoms with Gasteiger partial charge in [0, 0.05) is 29.8 Å². The maximum Gasteiger partial charge on any atom is 0.251 e. The molecule has 0 bridgehead atoms. The third-order valence-electron chi connectivity index (χ3n) is 7.35. The molecule has 37 heavy (non-hydrogen) atoms. The fourth-order valence-corrected chi connectivity index (χ4v) is 5.05. The number of carbonyl (C=O) groups is 1. The number of amides is 1. The third-order valence-corrected chi connectivity index (χ3v) is 7.35. The molecule has 4 aromatic rings. The van der Waals surface area contributed by atoms with Crippen molar-refractivity contribution < 1.29 is 9.90 Å². The summed E-state index contributed by atoms with van der Waals surface area (Å²) in [7, 11) is 0. The molecule has 190 valence electrons. The van der Waals surface area contributed by atoms with Crippen molar-refractivity contribution in [3.05, 3.63) is 66.0 Å². The molecule has 3 N–H and O–H groups in total. The Morgan fingerprint density at radius 1 is 0.946 bits per heavy atom.